The van der Waals surface area contributed by atoms with Crippen LogP contribution in [-0.2, 0) is 11.2 Å². The summed E-state index contributed by atoms with van der Waals surface area (Å²) in [6.07, 6.45) is 4.34. The number of benzene rings is 1. The number of halogens is 2. The van der Waals surface area contributed by atoms with E-state index in [1.807, 2.05) is 12.2 Å². The Balaban J connectivity index is 2.78. The van der Waals surface area contributed by atoms with Crippen molar-refractivity contribution in [1.29, 1.82) is 0 Å². The van der Waals surface area contributed by atoms with Gasteiger partial charge in [0.15, 0.2) is 0 Å². The van der Waals surface area contributed by atoms with E-state index in [4.69, 9.17) is 5.11 Å². The lowest BCUT2D eigenvalue weighted by molar-refractivity contribution is -0.136. The lowest BCUT2D eigenvalue weighted by Gasteiger charge is -2.01. The molecule has 2 nitrogen and oxygen atoms in total. The molecule has 0 aliphatic heterocycles. The average Bonchev–Trinajstić information content (AvgIpc) is 2.22. The molecule has 0 saturated heterocycles. The van der Waals surface area contributed by atoms with Gasteiger partial charge >= 0.3 is 5.97 Å². The molecule has 0 radical (unpaired) electrons. The van der Waals surface area contributed by atoms with Gasteiger partial charge in [-0.2, -0.15) is 0 Å². The van der Waals surface area contributed by atoms with Crippen molar-refractivity contribution >= 4 is 28.0 Å². The summed E-state index contributed by atoms with van der Waals surface area (Å²) in [6.45, 7) is 0. The van der Waals surface area contributed by atoms with Crippen LogP contribution in [0.25, 0.3) is 6.08 Å². The predicted molar refractivity (Wildman–Crippen MR) is 65.2 cm³/mol. The first kappa shape index (κ1) is 12.9. The Morgan fingerprint density at radius 1 is 1.50 bits per heavy atom. The van der Waals surface area contributed by atoms with Crippen molar-refractivity contribution in [3.8, 4) is 0 Å². The summed E-state index contributed by atoms with van der Waals surface area (Å²) in [4.78, 5) is 10.4. The molecule has 0 heterocycles. The van der Waals surface area contributed by atoms with E-state index in [0.717, 1.165) is 17.3 Å². The van der Waals surface area contributed by atoms with Crippen molar-refractivity contribution in [1.82, 2.24) is 0 Å². The molecule has 0 fully saturated rings. The molecule has 0 amide bonds. The summed E-state index contributed by atoms with van der Waals surface area (Å²) in [5.41, 5.74) is 0.956. The molecule has 0 atom stereocenters. The van der Waals surface area contributed by atoms with Gasteiger partial charge in [-0.1, -0.05) is 40.2 Å². The second-order valence-electron chi connectivity index (χ2n) is 3.30. The van der Waals surface area contributed by atoms with Gasteiger partial charge in [0.25, 0.3) is 0 Å². The van der Waals surface area contributed by atoms with Crippen LogP contribution in [-0.4, -0.2) is 16.4 Å². The molecule has 0 aromatic heterocycles. The molecule has 0 saturated carbocycles. The summed E-state index contributed by atoms with van der Waals surface area (Å²) in [7, 11) is 0. The third kappa shape index (κ3) is 4.14. The van der Waals surface area contributed by atoms with E-state index in [2.05, 4.69) is 15.9 Å². The number of hydrogen-bond donors (Lipinski definition) is 1. The topological polar surface area (TPSA) is 37.3 Å². The minimum atomic E-state index is -1.03. The molecule has 1 aromatic carbocycles. The Kier molecular flexibility index (Phi) is 5.19. The van der Waals surface area contributed by atoms with Gasteiger partial charge in [0.1, 0.15) is 5.82 Å². The highest BCUT2D eigenvalue weighted by molar-refractivity contribution is 9.09. The van der Waals surface area contributed by atoms with Crippen LogP contribution in [0.1, 0.15) is 17.5 Å². The van der Waals surface area contributed by atoms with Gasteiger partial charge in [0, 0.05) is 5.33 Å². The number of aliphatic carboxylic acids is 1. The van der Waals surface area contributed by atoms with Crippen LogP contribution in [0.15, 0.2) is 24.3 Å². The van der Waals surface area contributed by atoms with Gasteiger partial charge in [0.2, 0.25) is 0 Å². The molecule has 1 N–H and O–H groups in total. The van der Waals surface area contributed by atoms with Gasteiger partial charge in [-0.05, 0) is 23.6 Å². The third-order valence-corrected chi connectivity index (χ3v) is 2.46. The van der Waals surface area contributed by atoms with Crippen molar-refractivity contribution in [3.05, 3.63) is 41.2 Å². The number of allylic oxidation sites excluding steroid dienone is 1. The van der Waals surface area contributed by atoms with Gasteiger partial charge in [-0.15, -0.1) is 0 Å². The fraction of sp³-hybridized carbons (Fsp3) is 0.250. The minimum absolute atomic E-state index is 0.213. The molecule has 0 spiro atoms. The number of rotatable bonds is 5. The van der Waals surface area contributed by atoms with Crippen molar-refractivity contribution in [2.24, 2.45) is 0 Å². The zero-order valence-corrected chi connectivity index (χ0v) is 10.2. The Bertz CT molecular complexity index is 402. The molecule has 0 aliphatic rings. The van der Waals surface area contributed by atoms with Crippen LogP contribution in [0.4, 0.5) is 4.39 Å². The summed E-state index contributed by atoms with van der Waals surface area (Å²) in [5.74, 6) is -1.50. The minimum Gasteiger partial charge on any atom is -0.481 e. The third-order valence-electron chi connectivity index (χ3n) is 2.00. The first-order valence-corrected chi connectivity index (χ1v) is 5.98. The lowest BCUT2D eigenvalue weighted by Crippen LogP contribution is -2.02. The fourth-order valence-corrected chi connectivity index (χ4v) is 1.52. The van der Waals surface area contributed by atoms with E-state index >= 15 is 0 Å². The van der Waals surface area contributed by atoms with Gasteiger partial charge in [-0.3, -0.25) is 4.79 Å². The first-order valence-electron chi connectivity index (χ1n) is 4.86. The molecule has 1 rings (SSSR count). The molecule has 0 bridgehead atoms. The van der Waals surface area contributed by atoms with Crippen molar-refractivity contribution in [2.75, 3.05) is 5.33 Å². The Hall–Kier alpha value is -1.16. The highest BCUT2D eigenvalue weighted by Crippen LogP contribution is 2.13. The molecular formula is C12H12BrFO2. The summed E-state index contributed by atoms with van der Waals surface area (Å²) < 4.78 is 13.4. The monoisotopic (exact) mass is 286 g/mol. The molecule has 4 heteroatoms. The van der Waals surface area contributed by atoms with Crippen LogP contribution in [0.2, 0.25) is 0 Å². The Labute approximate surface area is 102 Å². The average molecular weight is 287 g/mol. The molecule has 0 aliphatic carbocycles. The van der Waals surface area contributed by atoms with E-state index in [1.54, 1.807) is 6.07 Å². The second kappa shape index (κ2) is 6.43. The SMILES string of the molecule is O=C(O)Cc1ccc(C=CCCBr)cc1F. The van der Waals surface area contributed by atoms with Gasteiger partial charge in [0.05, 0.1) is 6.42 Å². The van der Waals surface area contributed by atoms with E-state index in [1.165, 1.54) is 12.1 Å². The van der Waals surface area contributed by atoms with Crippen LogP contribution in [0.3, 0.4) is 0 Å². The van der Waals surface area contributed by atoms with Crippen LogP contribution in [0, 0.1) is 5.82 Å². The molecule has 16 heavy (non-hydrogen) atoms. The van der Waals surface area contributed by atoms with E-state index in [9.17, 15) is 9.18 Å². The largest absolute Gasteiger partial charge is 0.481 e. The maximum absolute atomic E-state index is 13.4. The Morgan fingerprint density at radius 2 is 2.25 bits per heavy atom. The van der Waals surface area contributed by atoms with Crippen LogP contribution >= 0.6 is 15.9 Å². The maximum Gasteiger partial charge on any atom is 0.307 e. The zero-order chi connectivity index (χ0) is 12.0. The van der Waals surface area contributed by atoms with E-state index in [-0.39, 0.29) is 12.0 Å². The van der Waals surface area contributed by atoms with Gasteiger partial charge in [-0.25, -0.2) is 4.39 Å². The smallest absolute Gasteiger partial charge is 0.307 e. The normalized spacial score (nSPS) is 10.9. The standard InChI is InChI=1S/C12H12BrFO2/c13-6-2-1-3-9-4-5-10(8-12(15)16)11(14)7-9/h1,3-5,7H,2,6,8H2,(H,15,16). The summed E-state index contributed by atoms with van der Waals surface area (Å²) in [6, 6.07) is 4.58. The summed E-state index contributed by atoms with van der Waals surface area (Å²) >= 11 is 3.29. The zero-order valence-electron chi connectivity index (χ0n) is 8.62. The highest BCUT2D eigenvalue weighted by atomic mass is 79.9. The molecule has 1 aromatic rings. The quantitative estimate of drug-likeness (QED) is 0.844. The van der Waals surface area contributed by atoms with Crippen LogP contribution in [0.5, 0.6) is 0 Å². The first-order chi connectivity index (χ1) is 7.63. The molecular weight excluding hydrogens is 275 g/mol. The van der Waals surface area contributed by atoms with Gasteiger partial charge < -0.3 is 5.11 Å². The maximum atomic E-state index is 13.4. The van der Waals surface area contributed by atoms with E-state index < -0.39 is 11.8 Å². The van der Waals surface area contributed by atoms with Crippen molar-refractivity contribution in [2.45, 2.75) is 12.8 Å². The van der Waals surface area contributed by atoms with Crippen molar-refractivity contribution in [3.63, 3.8) is 0 Å². The number of hydrogen-bond acceptors (Lipinski definition) is 1. The second-order valence-corrected chi connectivity index (χ2v) is 4.09. The summed E-state index contributed by atoms with van der Waals surface area (Å²) in [5, 5.41) is 9.41. The number of alkyl halides is 1. The lowest BCUT2D eigenvalue weighted by atomic mass is 10.1. The van der Waals surface area contributed by atoms with Crippen LogP contribution < -0.4 is 0 Å². The number of carboxylic acid groups (broad SMARTS) is 1. The predicted octanol–water partition coefficient (Wildman–Crippen LogP) is 3.25. The molecule has 86 valence electrons. The Morgan fingerprint density at radius 3 is 2.81 bits per heavy atom. The molecule has 0 unspecified atom stereocenters. The fourth-order valence-electron chi connectivity index (χ4n) is 1.26. The highest BCUT2D eigenvalue weighted by Gasteiger charge is 2.06. The van der Waals surface area contributed by atoms with E-state index in [0.29, 0.717) is 0 Å². The number of carbonyl (C=O) groups is 1. The van der Waals surface area contributed by atoms with Crippen molar-refractivity contribution < 1.29 is 14.3 Å². The number of carboxylic acids is 1.